The van der Waals surface area contributed by atoms with Crippen LogP contribution in [0.1, 0.15) is 12.5 Å². The van der Waals surface area contributed by atoms with E-state index in [2.05, 4.69) is 31.7 Å². The number of esters is 1. The zero-order valence-corrected chi connectivity index (χ0v) is 14.3. The van der Waals surface area contributed by atoms with Gasteiger partial charge in [0.15, 0.2) is 0 Å². The maximum absolute atomic E-state index is 11.1. The van der Waals surface area contributed by atoms with Crippen LogP contribution in [0.15, 0.2) is 70.5 Å². The van der Waals surface area contributed by atoms with Crippen molar-refractivity contribution in [3.8, 4) is 11.3 Å². The van der Waals surface area contributed by atoms with Gasteiger partial charge in [-0.3, -0.25) is 0 Å². The van der Waals surface area contributed by atoms with Gasteiger partial charge >= 0.3 is 5.97 Å². The molecule has 0 atom stereocenters. The van der Waals surface area contributed by atoms with Crippen LogP contribution in [0.25, 0.3) is 22.3 Å². The molecule has 0 unspecified atom stereocenters. The summed E-state index contributed by atoms with van der Waals surface area (Å²) in [6.45, 7) is 5.51. The third-order valence-electron chi connectivity index (χ3n) is 3.75. The van der Waals surface area contributed by atoms with E-state index in [1.165, 1.54) is 17.3 Å². The van der Waals surface area contributed by atoms with Crippen LogP contribution in [0.4, 0.5) is 0 Å². The second-order valence-corrected chi connectivity index (χ2v) is 6.25. The number of furan rings is 1. The van der Waals surface area contributed by atoms with Gasteiger partial charge in [0.2, 0.25) is 0 Å². The van der Waals surface area contributed by atoms with Gasteiger partial charge in [-0.15, -0.1) is 0 Å². The van der Waals surface area contributed by atoms with Gasteiger partial charge in [-0.25, -0.2) is 4.79 Å². The first-order valence-electron chi connectivity index (χ1n) is 7.75. The molecule has 0 amide bonds. The molecule has 0 saturated carbocycles. The Morgan fingerprint density at radius 3 is 2.88 bits per heavy atom. The predicted molar refractivity (Wildman–Crippen MR) is 98.0 cm³/mol. The monoisotopic (exact) mass is 338 g/mol. The molecular weight excluding hydrogens is 320 g/mol. The second-order valence-electron chi connectivity index (χ2n) is 5.25. The molecule has 0 N–H and O–H groups in total. The van der Waals surface area contributed by atoms with Gasteiger partial charge in [-0.2, -0.15) is 0 Å². The highest BCUT2D eigenvalue weighted by molar-refractivity contribution is 7.99. The molecule has 24 heavy (non-hydrogen) atoms. The molecule has 0 aliphatic carbocycles. The lowest BCUT2D eigenvalue weighted by atomic mass is 10.0. The first-order chi connectivity index (χ1) is 11.7. The smallest absolute Gasteiger partial charge is 0.330 e. The van der Waals surface area contributed by atoms with Crippen LogP contribution in [-0.2, 0) is 16.0 Å². The van der Waals surface area contributed by atoms with Crippen molar-refractivity contribution in [1.29, 1.82) is 0 Å². The maximum atomic E-state index is 11.1. The average molecular weight is 338 g/mol. The Bertz CT molecular complexity index is 879. The molecule has 0 bridgehead atoms. The summed E-state index contributed by atoms with van der Waals surface area (Å²) in [6.07, 6.45) is 2.12. The maximum Gasteiger partial charge on any atom is 0.330 e. The van der Waals surface area contributed by atoms with E-state index in [-0.39, 0.29) is 5.94 Å². The molecule has 0 aliphatic heterocycles. The van der Waals surface area contributed by atoms with Crippen molar-refractivity contribution < 1.29 is 13.9 Å². The summed E-state index contributed by atoms with van der Waals surface area (Å²) in [6, 6.07) is 16.3. The number of hydrogen-bond donors (Lipinski definition) is 0. The largest absolute Gasteiger partial charge is 0.456 e. The molecule has 0 fully saturated rings. The lowest BCUT2D eigenvalue weighted by molar-refractivity contribution is -0.135. The standard InChI is InChI=1S/C20H18O3S/c1-3-14-7-5-6-8-17(14)19-11-15-9-10-16(12-18(15)23-19)24-13-22-20(21)4-2/h4-12H,2-3,13H2,1H3. The number of carbonyl (C=O) groups is 1. The number of rotatable bonds is 6. The topological polar surface area (TPSA) is 39.4 Å². The zero-order valence-electron chi connectivity index (χ0n) is 13.5. The summed E-state index contributed by atoms with van der Waals surface area (Å²) >= 11 is 1.44. The fraction of sp³-hybridized carbons (Fsp3) is 0.150. The minimum absolute atomic E-state index is 0.253. The molecule has 3 aromatic rings. The van der Waals surface area contributed by atoms with E-state index in [9.17, 15) is 4.79 Å². The normalized spacial score (nSPS) is 10.7. The van der Waals surface area contributed by atoms with Crippen molar-refractivity contribution >= 4 is 28.7 Å². The van der Waals surface area contributed by atoms with Crippen LogP contribution in [0.3, 0.4) is 0 Å². The van der Waals surface area contributed by atoms with Crippen LogP contribution in [0.2, 0.25) is 0 Å². The number of carbonyl (C=O) groups excluding carboxylic acids is 1. The lowest BCUT2D eigenvalue weighted by Crippen LogP contribution is -1.98. The number of ether oxygens (including phenoxy) is 1. The molecular formula is C20H18O3S. The number of benzene rings is 2. The molecule has 4 heteroatoms. The molecule has 1 heterocycles. The molecule has 0 radical (unpaired) electrons. The van der Waals surface area contributed by atoms with Gasteiger partial charge in [0, 0.05) is 21.9 Å². The molecule has 0 aliphatic rings. The predicted octanol–water partition coefficient (Wildman–Crippen LogP) is 5.44. The van der Waals surface area contributed by atoms with Gasteiger partial charge in [0.25, 0.3) is 0 Å². The van der Waals surface area contributed by atoms with E-state index < -0.39 is 5.97 Å². The molecule has 2 aromatic carbocycles. The minimum Gasteiger partial charge on any atom is -0.456 e. The van der Waals surface area contributed by atoms with Crippen LogP contribution >= 0.6 is 11.8 Å². The Kier molecular flexibility index (Phi) is 5.06. The van der Waals surface area contributed by atoms with Crippen molar-refractivity contribution in [2.24, 2.45) is 0 Å². The van der Waals surface area contributed by atoms with Crippen LogP contribution in [0, 0.1) is 0 Å². The van der Waals surface area contributed by atoms with E-state index >= 15 is 0 Å². The summed E-state index contributed by atoms with van der Waals surface area (Å²) < 4.78 is 11.0. The average Bonchev–Trinajstić information content (AvgIpc) is 3.04. The number of fused-ring (bicyclic) bond motifs is 1. The Labute approximate surface area is 145 Å². The summed E-state index contributed by atoms with van der Waals surface area (Å²) in [5.74, 6) is 0.713. The van der Waals surface area contributed by atoms with Gasteiger partial charge in [0.05, 0.1) is 0 Å². The second kappa shape index (κ2) is 7.41. The third kappa shape index (κ3) is 3.54. The van der Waals surface area contributed by atoms with Crippen LogP contribution < -0.4 is 0 Å². The summed E-state index contributed by atoms with van der Waals surface area (Å²) in [5, 5.41) is 1.06. The van der Waals surface area contributed by atoms with Crippen LogP contribution in [0.5, 0.6) is 0 Å². The van der Waals surface area contributed by atoms with E-state index in [4.69, 9.17) is 9.15 Å². The first-order valence-corrected chi connectivity index (χ1v) is 8.73. The first kappa shape index (κ1) is 16.4. The van der Waals surface area contributed by atoms with E-state index in [1.807, 2.05) is 30.3 Å². The molecule has 3 rings (SSSR count). The fourth-order valence-electron chi connectivity index (χ4n) is 2.52. The Hall–Kier alpha value is -2.46. The van der Waals surface area contributed by atoms with E-state index in [1.54, 1.807) is 0 Å². The zero-order chi connectivity index (χ0) is 16.9. The third-order valence-corrected chi connectivity index (χ3v) is 4.57. The highest BCUT2D eigenvalue weighted by Crippen LogP contribution is 2.32. The summed E-state index contributed by atoms with van der Waals surface area (Å²) in [7, 11) is 0. The molecule has 1 aromatic heterocycles. The van der Waals surface area contributed by atoms with Crippen LogP contribution in [-0.4, -0.2) is 11.9 Å². The Balaban J connectivity index is 1.84. The summed E-state index contributed by atoms with van der Waals surface area (Å²) in [4.78, 5) is 12.1. The molecule has 122 valence electrons. The molecule has 0 spiro atoms. The van der Waals surface area contributed by atoms with Crippen molar-refractivity contribution in [3.63, 3.8) is 0 Å². The van der Waals surface area contributed by atoms with Gasteiger partial charge < -0.3 is 9.15 Å². The lowest BCUT2D eigenvalue weighted by Gasteiger charge is -2.03. The molecule has 0 saturated heterocycles. The fourth-order valence-corrected chi connectivity index (χ4v) is 3.18. The van der Waals surface area contributed by atoms with Gasteiger partial charge in [0.1, 0.15) is 17.3 Å². The number of aryl methyl sites for hydroxylation is 1. The van der Waals surface area contributed by atoms with Crippen molar-refractivity contribution in [1.82, 2.24) is 0 Å². The van der Waals surface area contributed by atoms with Gasteiger partial charge in [-0.05, 0) is 36.2 Å². The molecule has 3 nitrogen and oxygen atoms in total. The van der Waals surface area contributed by atoms with Crippen molar-refractivity contribution in [3.05, 3.63) is 66.7 Å². The summed E-state index contributed by atoms with van der Waals surface area (Å²) in [5.41, 5.74) is 3.23. The highest BCUT2D eigenvalue weighted by Gasteiger charge is 2.10. The van der Waals surface area contributed by atoms with Gasteiger partial charge in [-0.1, -0.05) is 49.5 Å². The number of thioether (sulfide) groups is 1. The minimum atomic E-state index is -0.417. The number of hydrogen-bond acceptors (Lipinski definition) is 4. The van der Waals surface area contributed by atoms with Crippen molar-refractivity contribution in [2.75, 3.05) is 5.94 Å². The van der Waals surface area contributed by atoms with E-state index in [0.29, 0.717) is 0 Å². The van der Waals surface area contributed by atoms with E-state index in [0.717, 1.165) is 39.7 Å². The quantitative estimate of drug-likeness (QED) is 0.260. The van der Waals surface area contributed by atoms with Crippen molar-refractivity contribution in [2.45, 2.75) is 18.2 Å². The Morgan fingerprint density at radius 2 is 2.08 bits per heavy atom. The SMILES string of the molecule is C=CC(=O)OCSc1ccc2cc(-c3ccccc3CC)oc2c1. The Morgan fingerprint density at radius 1 is 1.25 bits per heavy atom. The highest BCUT2D eigenvalue weighted by atomic mass is 32.2.